The number of carbonyl (C=O) groups excluding carboxylic acids is 1. The Balaban J connectivity index is 0.00000116. The van der Waals surface area contributed by atoms with E-state index >= 15 is 0 Å². The number of carbonyl (C=O) groups is 2. The molecular weight excluding hydrogens is 302 g/mol. The molecule has 118 valence electrons. The van der Waals surface area contributed by atoms with E-state index in [1.165, 1.54) is 13.1 Å². The number of hydrogen-bond acceptors (Lipinski definition) is 4. The summed E-state index contributed by atoms with van der Waals surface area (Å²) in [4.78, 5) is 23.1. The van der Waals surface area contributed by atoms with Crippen LogP contribution < -0.4 is 5.32 Å². The summed E-state index contributed by atoms with van der Waals surface area (Å²) in [6.07, 6.45) is 0. The van der Waals surface area contributed by atoms with E-state index in [1.54, 1.807) is 24.3 Å². The van der Waals surface area contributed by atoms with Crippen LogP contribution in [0.2, 0.25) is 0 Å². The van der Waals surface area contributed by atoms with Crippen LogP contribution in [-0.2, 0) is 4.79 Å². The van der Waals surface area contributed by atoms with Crippen molar-refractivity contribution in [3.8, 4) is 5.75 Å². The van der Waals surface area contributed by atoms with Crippen molar-refractivity contribution in [2.45, 2.75) is 18.7 Å². The SMILES string of the molecule is CC.CNC(=O)c1cc(SCC(=O)O)c2ccccc2c1O. The number of phenols is 1. The minimum Gasteiger partial charge on any atom is -0.506 e. The molecule has 0 saturated carbocycles. The molecule has 0 unspecified atom stereocenters. The van der Waals surface area contributed by atoms with Gasteiger partial charge in [-0.05, 0) is 11.5 Å². The molecule has 5 nitrogen and oxygen atoms in total. The van der Waals surface area contributed by atoms with E-state index in [2.05, 4.69) is 5.32 Å². The summed E-state index contributed by atoms with van der Waals surface area (Å²) in [5.74, 6) is -1.55. The van der Waals surface area contributed by atoms with Crippen LogP contribution in [0.15, 0.2) is 35.2 Å². The van der Waals surface area contributed by atoms with Gasteiger partial charge in [-0.2, -0.15) is 0 Å². The van der Waals surface area contributed by atoms with Crippen molar-refractivity contribution in [2.24, 2.45) is 0 Å². The van der Waals surface area contributed by atoms with E-state index in [0.29, 0.717) is 10.3 Å². The van der Waals surface area contributed by atoms with Crippen LogP contribution in [0.3, 0.4) is 0 Å². The second-order valence-corrected chi connectivity index (χ2v) is 5.10. The third kappa shape index (κ3) is 3.92. The molecule has 2 aromatic carbocycles. The lowest BCUT2D eigenvalue weighted by molar-refractivity contribution is -0.133. The number of nitrogens with one attached hydrogen (secondary N) is 1. The third-order valence-electron chi connectivity index (χ3n) is 2.80. The Hall–Kier alpha value is -2.21. The lowest BCUT2D eigenvalue weighted by Gasteiger charge is -2.11. The molecule has 0 aliphatic rings. The molecule has 0 atom stereocenters. The molecule has 0 spiro atoms. The van der Waals surface area contributed by atoms with Crippen molar-refractivity contribution in [3.05, 3.63) is 35.9 Å². The van der Waals surface area contributed by atoms with Crippen molar-refractivity contribution < 1.29 is 19.8 Å². The van der Waals surface area contributed by atoms with Gasteiger partial charge in [0.2, 0.25) is 0 Å². The summed E-state index contributed by atoms with van der Waals surface area (Å²) in [5.41, 5.74) is 0.138. The Kier molecular flexibility index (Phi) is 6.72. The van der Waals surface area contributed by atoms with E-state index in [9.17, 15) is 14.7 Å². The number of carboxylic acid groups (broad SMARTS) is 1. The van der Waals surface area contributed by atoms with Crippen molar-refractivity contribution in [1.82, 2.24) is 5.32 Å². The number of rotatable bonds is 4. The maximum absolute atomic E-state index is 11.8. The van der Waals surface area contributed by atoms with E-state index < -0.39 is 11.9 Å². The molecular formula is C16H19NO4S. The minimum absolute atomic E-state index is 0.0976. The van der Waals surface area contributed by atoms with Crippen molar-refractivity contribution in [2.75, 3.05) is 12.8 Å². The number of fused-ring (bicyclic) bond motifs is 1. The Morgan fingerprint density at radius 1 is 1.18 bits per heavy atom. The van der Waals surface area contributed by atoms with Crippen LogP contribution in [0.25, 0.3) is 10.8 Å². The lowest BCUT2D eigenvalue weighted by Crippen LogP contribution is -2.18. The van der Waals surface area contributed by atoms with Gasteiger partial charge in [-0.3, -0.25) is 9.59 Å². The van der Waals surface area contributed by atoms with Gasteiger partial charge in [-0.1, -0.05) is 38.1 Å². The monoisotopic (exact) mass is 321 g/mol. The molecule has 0 aromatic heterocycles. The molecule has 0 radical (unpaired) electrons. The largest absolute Gasteiger partial charge is 0.506 e. The number of amides is 1. The smallest absolute Gasteiger partial charge is 0.313 e. The van der Waals surface area contributed by atoms with Gasteiger partial charge in [-0.15, -0.1) is 11.8 Å². The predicted molar refractivity (Wildman–Crippen MR) is 88.7 cm³/mol. The quantitative estimate of drug-likeness (QED) is 0.753. The third-order valence-corrected chi connectivity index (χ3v) is 3.84. The molecule has 2 aromatic rings. The standard InChI is InChI=1S/C14H13NO4S.C2H6/c1-15-14(19)10-6-11(20-7-12(16)17)8-4-2-3-5-9(8)13(10)18;1-2/h2-6,18H,7H2,1H3,(H,15,19)(H,16,17);1-2H3. The van der Waals surface area contributed by atoms with E-state index in [1.807, 2.05) is 13.8 Å². The molecule has 0 bridgehead atoms. The number of aliphatic carboxylic acids is 1. The fraction of sp³-hybridized carbons (Fsp3) is 0.250. The van der Waals surface area contributed by atoms with Crippen LogP contribution in [0.4, 0.5) is 0 Å². The molecule has 0 fully saturated rings. The first-order valence-corrected chi connectivity index (χ1v) is 7.84. The summed E-state index contributed by atoms with van der Waals surface area (Å²) in [7, 11) is 1.47. The topological polar surface area (TPSA) is 86.6 Å². The molecule has 22 heavy (non-hydrogen) atoms. The van der Waals surface area contributed by atoms with Gasteiger partial charge >= 0.3 is 5.97 Å². The van der Waals surface area contributed by atoms with Gasteiger partial charge in [0.25, 0.3) is 5.91 Å². The molecule has 2 rings (SSSR count). The number of benzene rings is 2. The lowest BCUT2D eigenvalue weighted by atomic mass is 10.0. The summed E-state index contributed by atoms with van der Waals surface area (Å²) >= 11 is 1.12. The summed E-state index contributed by atoms with van der Waals surface area (Å²) in [5, 5.41) is 22.7. The highest BCUT2D eigenvalue weighted by molar-refractivity contribution is 8.00. The highest BCUT2D eigenvalue weighted by Gasteiger charge is 2.16. The molecule has 0 saturated heterocycles. The minimum atomic E-state index is -0.936. The van der Waals surface area contributed by atoms with Gasteiger partial charge in [0, 0.05) is 17.3 Å². The maximum atomic E-state index is 11.8. The molecule has 6 heteroatoms. The summed E-state index contributed by atoms with van der Waals surface area (Å²) < 4.78 is 0. The normalized spacial score (nSPS) is 9.77. The van der Waals surface area contributed by atoms with Gasteiger partial charge in [0.1, 0.15) is 5.75 Å². The average molecular weight is 321 g/mol. The zero-order valence-corrected chi connectivity index (χ0v) is 13.5. The Bertz CT molecular complexity index is 685. The fourth-order valence-electron chi connectivity index (χ4n) is 1.89. The zero-order chi connectivity index (χ0) is 16.7. The molecule has 1 amide bonds. The van der Waals surface area contributed by atoms with E-state index in [-0.39, 0.29) is 17.1 Å². The zero-order valence-electron chi connectivity index (χ0n) is 12.7. The number of hydrogen-bond donors (Lipinski definition) is 3. The first-order chi connectivity index (χ1) is 10.5. The van der Waals surface area contributed by atoms with Crippen LogP contribution in [0, 0.1) is 0 Å². The van der Waals surface area contributed by atoms with Crippen LogP contribution in [0.5, 0.6) is 5.75 Å². The first-order valence-electron chi connectivity index (χ1n) is 6.86. The van der Waals surface area contributed by atoms with Crippen molar-refractivity contribution in [1.29, 1.82) is 0 Å². The van der Waals surface area contributed by atoms with Crippen LogP contribution in [0.1, 0.15) is 24.2 Å². The maximum Gasteiger partial charge on any atom is 0.313 e. The highest BCUT2D eigenvalue weighted by atomic mass is 32.2. The number of carboxylic acids is 1. The predicted octanol–water partition coefficient (Wildman–Crippen LogP) is 3.11. The molecule has 3 N–H and O–H groups in total. The molecule has 0 aliphatic carbocycles. The molecule has 0 aliphatic heterocycles. The number of aromatic hydroxyl groups is 1. The molecule has 0 heterocycles. The average Bonchev–Trinajstić information content (AvgIpc) is 2.55. The van der Waals surface area contributed by atoms with Crippen LogP contribution >= 0.6 is 11.8 Å². The Labute approximate surface area is 133 Å². The number of thioether (sulfide) groups is 1. The Morgan fingerprint density at radius 2 is 1.77 bits per heavy atom. The second-order valence-electron chi connectivity index (χ2n) is 4.08. The Morgan fingerprint density at radius 3 is 2.32 bits per heavy atom. The van der Waals surface area contributed by atoms with E-state index in [0.717, 1.165) is 17.1 Å². The first kappa shape index (κ1) is 17.8. The summed E-state index contributed by atoms with van der Waals surface area (Å²) in [6, 6.07) is 8.55. The fourth-order valence-corrected chi connectivity index (χ4v) is 2.71. The van der Waals surface area contributed by atoms with Crippen molar-refractivity contribution >= 4 is 34.4 Å². The van der Waals surface area contributed by atoms with Gasteiger partial charge in [0.15, 0.2) is 0 Å². The van der Waals surface area contributed by atoms with Gasteiger partial charge in [0.05, 0.1) is 11.3 Å². The van der Waals surface area contributed by atoms with Crippen molar-refractivity contribution in [3.63, 3.8) is 0 Å². The van der Waals surface area contributed by atoms with Crippen LogP contribution in [-0.4, -0.2) is 34.9 Å². The van der Waals surface area contributed by atoms with Gasteiger partial charge in [-0.25, -0.2) is 0 Å². The van der Waals surface area contributed by atoms with E-state index in [4.69, 9.17) is 5.11 Å². The number of phenolic OH excluding ortho intramolecular Hbond substituents is 1. The highest BCUT2D eigenvalue weighted by Crippen LogP contribution is 2.36. The second kappa shape index (κ2) is 8.29. The van der Waals surface area contributed by atoms with Gasteiger partial charge < -0.3 is 15.5 Å². The summed E-state index contributed by atoms with van der Waals surface area (Å²) in [6.45, 7) is 4.00.